The van der Waals surface area contributed by atoms with Crippen LogP contribution in [0.2, 0.25) is 0 Å². The van der Waals surface area contributed by atoms with E-state index in [0.717, 1.165) is 0 Å². The third-order valence-corrected chi connectivity index (χ3v) is 13.5. The van der Waals surface area contributed by atoms with Gasteiger partial charge in [0, 0.05) is 130 Å². The molecule has 5 heterocycles. The van der Waals surface area contributed by atoms with Crippen molar-refractivity contribution in [1.29, 1.82) is 0 Å². The van der Waals surface area contributed by atoms with E-state index >= 15 is 0 Å². The lowest BCUT2D eigenvalue weighted by atomic mass is 10.3. The number of hydrogen-bond acceptors (Lipinski definition) is 21. The first-order chi connectivity index (χ1) is 46.8. The number of ether oxygens (including phenoxy) is 9. The molecule has 0 aliphatic carbocycles. The Morgan fingerprint density at radius 3 is 1.19 bits per heavy atom. The summed E-state index contributed by atoms with van der Waals surface area (Å²) in [6, 6.07) is 10.0. The molecule has 35 heteroatoms. The number of aryl methyl sites for hydroxylation is 5. The molecule has 0 saturated heterocycles. The molecule has 0 bridgehead atoms. The number of imidazole rings is 3. The molecule has 9 amide bonds. The van der Waals surface area contributed by atoms with Gasteiger partial charge < -0.3 is 113 Å². The smallest absolute Gasteiger partial charge is 0.291 e. The molecule has 35 nitrogen and oxygen atoms in total. The minimum atomic E-state index is -0.638. The molecule has 6 aromatic rings. The maximum absolute atomic E-state index is 13.3. The number of nitrogens with one attached hydrogen (secondary N) is 9. The molecule has 0 saturated carbocycles. The Bertz CT molecular complexity index is 3500. The SMILES string of the molecule is CC(=O)Nc1ccc(OCCOCCOCCOCCOCCOCCOCCOCCOCCNC(=O)CCNC(=O)c2nc(NC(=O)CCNC(=O)c3cc(NC(=O)c4nc(NC(=O)CCNC(=O)c5cc(NC(=O)c6nccn6C)cn5C)cn4C)cn3C)cn2C)cc1. The van der Waals surface area contributed by atoms with Crippen LogP contribution in [0.4, 0.5) is 28.7 Å². The molecule has 97 heavy (non-hydrogen) atoms. The van der Waals surface area contributed by atoms with Gasteiger partial charge in [-0.1, -0.05) is 0 Å². The molecule has 0 fully saturated rings. The first kappa shape index (κ1) is 76.1. The summed E-state index contributed by atoms with van der Waals surface area (Å²) in [7, 11) is 8.04. The summed E-state index contributed by atoms with van der Waals surface area (Å²) in [5.41, 5.74) is 1.77. The van der Waals surface area contributed by atoms with Crippen LogP contribution in [0.5, 0.6) is 5.75 Å². The predicted molar refractivity (Wildman–Crippen MR) is 350 cm³/mol. The van der Waals surface area contributed by atoms with Crippen molar-refractivity contribution in [3.8, 4) is 5.75 Å². The molecule has 0 atom stereocenters. The van der Waals surface area contributed by atoms with E-state index in [0.29, 0.717) is 123 Å². The normalized spacial score (nSPS) is 11.0. The number of benzene rings is 1. The Balaban J connectivity index is 0.702. The summed E-state index contributed by atoms with van der Waals surface area (Å²) >= 11 is 0. The van der Waals surface area contributed by atoms with E-state index in [4.69, 9.17) is 42.6 Å². The highest BCUT2D eigenvalue weighted by Gasteiger charge is 2.21. The highest BCUT2D eigenvalue weighted by Crippen LogP contribution is 2.18. The van der Waals surface area contributed by atoms with Crippen LogP contribution in [0.3, 0.4) is 0 Å². The second-order valence-electron chi connectivity index (χ2n) is 21.3. The van der Waals surface area contributed by atoms with Gasteiger partial charge in [0.05, 0.1) is 117 Å². The van der Waals surface area contributed by atoms with Crippen LogP contribution in [-0.4, -0.2) is 229 Å². The fraction of sp³-hybridized carbons (Fsp3) is 0.484. The van der Waals surface area contributed by atoms with Crippen LogP contribution in [0.15, 0.2) is 73.6 Å². The lowest BCUT2D eigenvalue weighted by Crippen LogP contribution is -2.33. The summed E-state index contributed by atoms with van der Waals surface area (Å²) in [6.45, 7) is 8.52. The zero-order valence-electron chi connectivity index (χ0n) is 55.3. The van der Waals surface area contributed by atoms with Gasteiger partial charge in [-0.3, -0.25) is 43.2 Å². The average Bonchev–Trinajstić information content (AvgIpc) is 1.73. The van der Waals surface area contributed by atoms with E-state index in [2.05, 4.69) is 62.8 Å². The Labute approximate surface area is 559 Å². The van der Waals surface area contributed by atoms with Crippen molar-refractivity contribution in [3.63, 3.8) is 0 Å². The van der Waals surface area contributed by atoms with Crippen LogP contribution in [-0.2, 0) is 92.3 Å². The van der Waals surface area contributed by atoms with Crippen molar-refractivity contribution in [1.82, 2.24) is 59.1 Å². The predicted octanol–water partition coefficient (Wildman–Crippen LogP) is 0.992. The fourth-order valence-corrected chi connectivity index (χ4v) is 8.74. The van der Waals surface area contributed by atoms with Crippen molar-refractivity contribution in [2.75, 3.05) is 165 Å². The maximum Gasteiger partial charge on any atom is 0.291 e. The molecule has 0 aliphatic heterocycles. The molecular formula is C62H87N17O18. The Morgan fingerprint density at radius 1 is 0.371 bits per heavy atom. The third kappa shape index (κ3) is 28.2. The number of aromatic nitrogens is 8. The van der Waals surface area contributed by atoms with Crippen LogP contribution in [0.1, 0.15) is 79.0 Å². The molecule has 528 valence electrons. The van der Waals surface area contributed by atoms with Crippen LogP contribution < -0.4 is 52.6 Å². The summed E-state index contributed by atoms with van der Waals surface area (Å²) in [4.78, 5) is 126. The van der Waals surface area contributed by atoms with Gasteiger partial charge in [-0.15, -0.1) is 0 Å². The van der Waals surface area contributed by atoms with Gasteiger partial charge >= 0.3 is 0 Å². The standard InChI is InChI=1S/C62H87N17O18/c1-43(80)68-44-7-9-47(10-8-44)97-36-35-96-34-33-95-32-31-94-30-29-93-28-27-92-26-25-91-24-23-90-22-21-89-20-18-63-52(81)11-14-67-60(86)56-73-50(41-78(56)5)71-53(82)12-15-66-59(85)49-38-46(40-77(49)4)70-62(88)57-74-51(42-79(57)6)72-54(83)13-16-65-58(84)48-37-45(39-76(48)3)69-61(87)55-64-17-19-75(55)2/h7-10,17,19,37-42H,11-16,18,20-36H2,1-6H3,(H,63,81)(H,65,84)(H,66,85)(H,67,86)(H,68,80)(H,69,87)(H,70,88)(H,71,82)(H,72,83). The summed E-state index contributed by atoms with van der Waals surface area (Å²) in [5.74, 6) is -3.05. The van der Waals surface area contributed by atoms with Crippen molar-refractivity contribution >= 4 is 81.9 Å². The van der Waals surface area contributed by atoms with Crippen molar-refractivity contribution < 1.29 is 85.8 Å². The summed E-state index contributed by atoms with van der Waals surface area (Å²) in [5, 5.41) is 24.0. The molecular weight excluding hydrogens is 1270 g/mol. The lowest BCUT2D eigenvalue weighted by Gasteiger charge is -2.09. The molecule has 9 N–H and O–H groups in total. The second kappa shape index (κ2) is 41.8. The van der Waals surface area contributed by atoms with Gasteiger partial charge in [0.15, 0.2) is 17.5 Å². The number of hydrogen-bond donors (Lipinski definition) is 9. The highest BCUT2D eigenvalue weighted by atomic mass is 16.6. The fourth-order valence-electron chi connectivity index (χ4n) is 8.74. The van der Waals surface area contributed by atoms with Gasteiger partial charge in [0.1, 0.15) is 23.7 Å². The zero-order chi connectivity index (χ0) is 69.7. The summed E-state index contributed by atoms with van der Waals surface area (Å²) in [6.07, 6.45) is 8.83. The minimum absolute atomic E-state index is 0.000285. The number of carbonyl (C=O) groups excluding carboxylic acids is 9. The monoisotopic (exact) mass is 1360 g/mol. The zero-order valence-corrected chi connectivity index (χ0v) is 55.3. The topological polar surface area (TPSA) is 408 Å². The average molecular weight is 1360 g/mol. The molecule has 6 rings (SSSR count). The minimum Gasteiger partial charge on any atom is -0.491 e. The Kier molecular flexibility index (Phi) is 32.8. The lowest BCUT2D eigenvalue weighted by molar-refractivity contribution is -0.121. The number of carbonyl (C=O) groups is 9. The number of nitrogens with zero attached hydrogens (tertiary/aromatic N) is 8. The molecule has 0 spiro atoms. The molecule has 5 aromatic heterocycles. The maximum atomic E-state index is 13.3. The largest absolute Gasteiger partial charge is 0.491 e. The Morgan fingerprint density at radius 2 is 0.763 bits per heavy atom. The van der Waals surface area contributed by atoms with Crippen molar-refractivity contribution in [2.24, 2.45) is 35.2 Å². The van der Waals surface area contributed by atoms with E-state index < -0.39 is 41.4 Å². The highest BCUT2D eigenvalue weighted by molar-refractivity contribution is 6.05. The molecule has 0 radical (unpaired) electrons. The van der Waals surface area contributed by atoms with Gasteiger partial charge in [0.25, 0.3) is 29.5 Å². The van der Waals surface area contributed by atoms with E-state index in [1.807, 2.05) is 0 Å². The summed E-state index contributed by atoms with van der Waals surface area (Å²) < 4.78 is 57.1. The van der Waals surface area contributed by atoms with Gasteiger partial charge in [0.2, 0.25) is 35.3 Å². The molecule has 1 aromatic carbocycles. The van der Waals surface area contributed by atoms with Crippen molar-refractivity contribution in [2.45, 2.75) is 26.2 Å². The van der Waals surface area contributed by atoms with Crippen LogP contribution in [0.25, 0.3) is 0 Å². The van der Waals surface area contributed by atoms with Crippen LogP contribution in [0, 0.1) is 0 Å². The van der Waals surface area contributed by atoms with Gasteiger partial charge in [-0.2, -0.15) is 0 Å². The van der Waals surface area contributed by atoms with Crippen molar-refractivity contribution in [3.05, 3.63) is 102 Å². The van der Waals surface area contributed by atoms with Crippen LogP contribution >= 0.6 is 0 Å². The number of anilines is 5. The Hall–Kier alpha value is -9.88. The second-order valence-corrected chi connectivity index (χ2v) is 21.3. The quantitative estimate of drug-likeness (QED) is 0.0241. The molecule has 0 aliphatic rings. The third-order valence-electron chi connectivity index (χ3n) is 13.5. The molecule has 0 unspecified atom stereocenters. The van der Waals surface area contributed by atoms with Gasteiger partial charge in [-0.25, -0.2) is 15.0 Å². The van der Waals surface area contributed by atoms with E-state index in [1.54, 1.807) is 76.5 Å². The first-order valence-corrected chi connectivity index (χ1v) is 31.2. The van der Waals surface area contributed by atoms with E-state index in [-0.39, 0.29) is 110 Å². The van der Waals surface area contributed by atoms with E-state index in [1.165, 1.54) is 62.1 Å². The number of rotatable bonds is 47. The van der Waals surface area contributed by atoms with E-state index in [9.17, 15) is 43.2 Å². The van der Waals surface area contributed by atoms with Gasteiger partial charge in [-0.05, 0) is 36.4 Å². The number of amides is 9. The first-order valence-electron chi connectivity index (χ1n) is 31.2.